The van der Waals surface area contributed by atoms with Gasteiger partial charge in [0.25, 0.3) is 0 Å². The number of rotatable bonds is 8. The van der Waals surface area contributed by atoms with E-state index >= 15 is 0 Å². The number of nitrogens with one attached hydrogen (secondary N) is 1. The van der Waals surface area contributed by atoms with Crippen molar-refractivity contribution in [3.8, 4) is 0 Å². The first-order chi connectivity index (χ1) is 9.27. The first-order valence-electron chi connectivity index (χ1n) is 8.32. The monoisotopic (exact) mass is 285 g/mol. The van der Waals surface area contributed by atoms with Crippen LogP contribution in [0.5, 0.6) is 0 Å². The molecule has 0 radical (unpaired) electrons. The van der Waals surface area contributed by atoms with E-state index in [9.17, 15) is 0 Å². The molecule has 0 aromatic carbocycles. The summed E-state index contributed by atoms with van der Waals surface area (Å²) in [4.78, 5) is 0. The minimum atomic E-state index is -0.0978. The van der Waals surface area contributed by atoms with Gasteiger partial charge in [-0.15, -0.1) is 0 Å². The summed E-state index contributed by atoms with van der Waals surface area (Å²) < 4.78 is 12.3. The molecular formula is C17H35NO2. The number of hydrogen-bond acceptors (Lipinski definition) is 3. The highest BCUT2D eigenvalue weighted by molar-refractivity contribution is 5.01. The van der Waals surface area contributed by atoms with E-state index in [1.165, 1.54) is 0 Å². The molecule has 1 rings (SSSR count). The topological polar surface area (TPSA) is 30.5 Å². The lowest BCUT2D eigenvalue weighted by Crippen LogP contribution is -2.51. The van der Waals surface area contributed by atoms with Crippen molar-refractivity contribution in [1.82, 2.24) is 5.32 Å². The van der Waals surface area contributed by atoms with E-state index in [2.05, 4.69) is 53.8 Å². The maximum absolute atomic E-state index is 6.29. The van der Waals surface area contributed by atoms with Crippen molar-refractivity contribution in [2.45, 2.75) is 91.1 Å². The molecule has 1 aliphatic rings. The number of likely N-dealkylation sites (N-methyl/N-ethyl adjacent to an activating group) is 1. The normalized spacial score (nSPS) is 27.4. The van der Waals surface area contributed by atoms with Crippen LogP contribution in [0.2, 0.25) is 0 Å². The lowest BCUT2D eigenvalue weighted by molar-refractivity contribution is -0.0864. The average Bonchev–Trinajstić information content (AvgIpc) is 2.54. The Morgan fingerprint density at radius 1 is 1.20 bits per heavy atom. The third-order valence-electron chi connectivity index (χ3n) is 4.37. The maximum atomic E-state index is 6.29. The Kier molecular flexibility index (Phi) is 6.49. The fourth-order valence-corrected chi connectivity index (χ4v) is 3.80. The van der Waals surface area contributed by atoms with Crippen molar-refractivity contribution >= 4 is 0 Å². The van der Waals surface area contributed by atoms with Crippen molar-refractivity contribution in [2.75, 3.05) is 13.2 Å². The van der Waals surface area contributed by atoms with Crippen molar-refractivity contribution in [1.29, 1.82) is 0 Å². The Morgan fingerprint density at radius 3 is 2.25 bits per heavy atom. The minimum Gasteiger partial charge on any atom is -0.377 e. The van der Waals surface area contributed by atoms with Crippen LogP contribution in [0.1, 0.15) is 67.7 Å². The van der Waals surface area contributed by atoms with Gasteiger partial charge in [-0.1, -0.05) is 20.3 Å². The predicted octanol–water partition coefficient (Wildman–Crippen LogP) is 3.76. The molecule has 3 atom stereocenters. The van der Waals surface area contributed by atoms with Crippen LogP contribution in [0.3, 0.4) is 0 Å². The van der Waals surface area contributed by atoms with Crippen LogP contribution < -0.4 is 5.32 Å². The Morgan fingerprint density at radius 2 is 1.85 bits per heavy atom. The summed E-state index contributed by atoms with van der Waals surface area (Å²) in [5, 5.41) is 3.68. The molecule has 0 aliphatic carbocycles. The molecule has 3 nitrogen and oxygen atoms in total. The Labute approximate surface area is 125 Å². The summed E-state index contributed by atoms with van der Waals surface area (Å²) in [6, 6.07) is 0.372. The van der Waals surface area contributed by atoms with Crippen LogP contribution in [-0.4, -0.2) is 36.5 Å². The first kappa shape index (κ1) is 17.9. The van der Waals surface area contributed by atoms with Crippen LogP contribution in [0, 0.1) is 5.92 Å². The van der Waals surface area contributed by atoms with E-state index < -0.39 is 0 Å². The number of hydrogen-bond donors (Lipinski definition) is 1. The molecule has 0 saturated carbocycles. The molecule has 0 aromatic heterocycles. The summed E-state index contributed by atoms with van der Waals surface area (Å²) in [6.45, 7) is 17.1. The van der Waals surface area contributed by atoms with Crippen molar-refractivity contribution < 1.29 is 9.47 Å². The van der Waals surface area contributed by atoms with Gasteiger partial charge in [0.05, 0.1) is 17.3 Å². The van der Waals surface area contributed by atoms with Gasteiger partial charge < -0.3 is 14.8 Å². The van der Waals surface area contributed by atoms with Gasteiger partial charge in [-0.25, -0.2) is 0 Å². The Hall–Kier alpha value is -0.120. The van der Waals surface area contributed by atoms with Gasteiger partial charge in [0, 0.05) is 18.6 Å². The Balaban J connectivity index is 2.93. The van der Waals surface area contributed by atoms with Gasteiger partial charge in [0.1, 0.15) is 0 Å². The zero-order valence-electron chi connectivity index (χ0n) is 14.6. The predicted molar refractivity (Wildman–Crippen MR) is 85.1 cm³/mol. The molecule has 3 heteroatoms. The molecule has 1 heterocycles. The van der Waals surface area contributed by atoms with E-state index in [1.54, 1.807) is 0 Å². The van der Waals surface area contributed by atoms with Crippen LogP contribution in [0.25, 0.3) is 0 Å². The van der Waals surface area contributed by atoms with E-state index in [0.29, 0.717) is 12.0 Å². The summed E-state index contributed by atoms with van der Waals surface area (Å²) >= 11 is 0. The molecule has 3 unspecified atom stereocenters. The van der Waals surface area contributed by atoms with E-state index in [4.69, 9.17) is 9.47 Å². The van der Waals surface area contributed by atoms with Gasteiger partial charge in [0.15, 0.2) is 0 Å². The highest BCUT2D eigenvalue weighted by Gasteiger charge is 2.50. The Bertz CT molecular complexity index is 283. The lowest BCUT2D eigenvalue weighted by atomic mass is 9.78. The molecule has 1 aliphatic heterocycles. The zero-order valence-corrected chi connectivity index (χ0v) is 14.6. The molecule has 1 saturated heterocycles. The van der Waals surface area contributed by atoms with Gasteiger partial charge >= 0.3 is 0 Å². The van der Waals surface area contributed by atoms with E-state index in [1.807, 2.05) is 0 Å². The zero-order chi connectivity index (χ0) is 15.4. The second-order valence-corrected chi connectivity index (χ2v) is 7.14. The highest BCUT2D eigenvalue weighted by atomic mass is 16.5. The third kappa shape index (κ3) is 4.44. The highest BCUT2D eigenvalue weighted by Crippen LogP contribution is 2.44. The van der Waals surface area contributed by atoms with Crippen LogP contribution in [-0.2, 0) is 9.47 Å². The fraction of sp³-hybridized carbons (Fsp3) is 1.00. The smallest absolute Gasteiger partial charge is 0.0731 e. The van der Waals surface area contributed by atoms with Gasteiger partial charge in [-0.3, -0.25) is 0 Å². The first-order valence-corrected chi connectivity index (χ1v) is 8.32. The summed E-state index contributed by atoms with van der Waals surface area (Å²) in [7, 11) is 0. The number of ether oxygens (including phenoxy) is 2. The third-order valence-corrected chi connectivity index (χ3v) is 4.37. The standard InChI is InChI=1S/C17H35NO2/c1-8-11-14(19-10-3)15(18-9-2)13-12-16(4,5)20-17(13,6)7/h13-15,18H,8-12H2,1-7H3. The SMILES string of the molecule is CCCC(OCC)C(NCC)C1CC(C)(C)OC1(C)C. The van der Waals surface area contributed by atoms with Crippen LogP contribution >= 0.6 is 0 Å². The summed E-state index contributed by atoms with van der Waals surface area (Å²) in [6.07, 6.45) is 3.64. The maximum Gasteiger partial charge on any atom is 0.0731 e. The van der Waals surface area contributed by atoms with Crippen LogP contribution in [0.4, 0.5) is 0 Å². The molecule has 0 amide bonds. The fourth-order valence-electron chi connectivity index (χ4n) is 3.80. The second-order valence-electron chi connectivity index (χ2n) is 7.14. The van der Waals surface area contributed by atoms with Gasteiger partial charge in [-0.05, 0) is 54.0 Å². The quantitative estimate of drug-likeness (QED) is 0.736. The van der Waals surface area contributed by atoms with Crippen LogP contribution in [0.15, 0.2) is 0 Å². The molecule has 120 valence electrons. The molecule has 20 heavy (non-hydrogen) atoms. The average molecular weight is 285 g/mol. The van der Waals surface area contributed by atoms with E-state index in [-0.39, 0.29) is 17.3 Å². The van der Waals surface area contributed by atoms with Crippen molar-refractivity contribution in [2.24, 2.45) is 5.92 Å². The second kappa shape index (κ2) is 7.24. The van der Waals surface area contributed by atoms with Crippen molar-refractivity contribution in [3.63, 3.8) is 0 Å². The molecule has 0 spiro atoms. The summed E-state index contributed by atoms with van der Waals surface area (Å²) in [5.74, 6) is 0.487. The lowest BCUT2D eigenvalue weighted by Gasteiger charge is -2.38. The largest absolute Gasteiger partial charge is 0.377 e. The summed E-state index contributed by atoms with van der Waals surface area (Å²) in [5.41, 5.74) is -0.135. The van der Waals surface area contributed by atoms with E-state index in [0.717, 1.165) is 32.4 Å². The minimum absolute atomic E-state index is 0.0369. The van der Waals surface area contributed by atoms with Crippen molar-refractivity contribution in [3.05, 3.63) is 0 Å². The molecule has 0 bridgehead atoms. The molecule has 1 fully saturated rings. The molecule has 0 aromatic rings. The van der Waals surface area contributed by atoms with Gasteiger partial charge in [0.2, 0.25) is 0 Å². The van der Waals surface area contributed by atoms with Gasteiger partial charge in [-0.2, -0.15) is 0 Å². The molecular weight excluding hydrogens is 250 g/mol. The molecule has 1 N–H and O–H groups in total.